The Morgan fingerprint density at radius 1 is 1.75 bits per heavy atom. The molecule has 0 aromatic heterocycles. The Balaban J connectivity index is 2.37. The molecular weight excluding hydrogens is 136 g/mol. The number of allylic oxidation sites excluding steroid dienone is 1. The van der Waals surface area contributed by atoms with Gasteiger partial charge in [0.15, 0.2) is 0 Å². The molecule has 0 bridgehead atoms. The van der Waals surface area contributed by atoms with Gasteiger partial charge in [0.05, 0.1) is 0 Å². The molecule has 1 heterocycles. The number of hydrogen-bond donors (Lipinski definition) is 0. The molecule has 2 heteroatoms. The second-order valence-electron chi connectivity index (χ2n) is 1.57. The second kappa shape index (κ2) is 3.25. The summed E-state index contributed by atoms with van der Waals surface area (Å²) >= 11 is 0. The lowest BCUT2D eigenvalue weighted by Gasteiger charge is -2.09. The van der Waals surface area contributed by atoms with E-state index in [0.717, 1.165) is 6.42 Å². The molecule has 1 unspecified atom stereocenters. The molecule has 0 amide bonds. The number of hydrogen-bond acceptors (Lipinski definition) is 2. The third-order valence-corrected chi connectivity index (χ3v) is 3.42. The van der Waals surface area contributed by atoms with E-state index in [-0.39, 0.29) is 0 Å². The Morgan fingerprint density at radius 2 is 2.62 bits per heavy atom. The molecule has 0 aromatic rings. The van der Waals surface area contributed by atoms with Crippen LogP contribution in [0.15, 0.2) is 24.1 Å². The van der Waals surface area contributed by atoms with Crippen molar-refractivity contribution in [3.63, 3.8) is 0 Å². The maximum Gasteiger partial charge on any atom is 0.0366 e. The first-order chi connectivity index (χ1) is 3.93. The highest BCUT2D eigenvalue weighted by molar-refractivity contribution is 8.78. The molecule has 0 nitrogen and oxygen atoms in total. The van der Waals surface area contributed by atoms with Crippen LogP contribution in [0.2, 0.25) is 0 Å². The molecule has 0 N–H and O–H groups in total. The molecule has 1 rings (SSSR count). The average Bonchev–Trinajstić information content (AvgIpc) is 1.90. The molecule has 0 saturated heterocycles. The van der Waals surface area contributed by atoms with Crippen LogP contribution in [-0.4, -0.2) is 5.25 Å². The molecule has 1 aliphatic heterocycles. The van der Waals surface area contributed by atoms with Crippen molar-refractivity contribution < 1.29 is 0 Å². The molecule has 1 atom stereocenters. The van der Waals surface area contributed by atoms with Crippen LogP contribution >= 0.6 is 21.6 Å². The lowest BCUT2D eigenvalue weighted by Crippen LogP contribution is -1.94. The predicted molar refractivity (Wildman–Crippen MR) is 42.9 cm³/mol. The monoisotopic (exact) mass is 144 g/mol. The SMILES string of the molecule is C=CC1CC=CSS1. The Hall–Kier alpha value is 0.180. The fourth-order valence-electron chi connectivity index (χ4n) is 0.507. The Kier molecular flexibility index (Phi) is 2.56. The Labute approximate surface area is 57.8 Å². The normalized spacial score (nSPS) is 27.8. The van der Waals surface area contributed by atoms with Crippen molar-refractivity contribution >= 4 is 21.6 Å². The molecule has 0 aliphatic carbocycles. The van der Waals surface area contributed by atoms with Gasteiger partial charge in [0, 0.05) is 5.25 Å². The molecule has 0 spiro atoms. The van der Waals surface area contributed by atoms with E-state index in [0.29, 0.717) is 5.25 Å². The zero-order valence-corrected chi connectivity index (χ0v) is 6.17. The highest BCUT2D eigenvalue weighted by Crippen LogP contribution is 2.34. The van der Waals surface area contributed by atoms with Gasteiger partial charge in [0.1, 0.15) is 0 Å². The minimum absolute atomic E-state index is 0.644. The number of rotatable bonds is 1. The summed E-state index contributed by atoms with van der Waals surface area (Å²) in [4.78, 5) is 0. The van der Waals surface area contributed by atoms with E-state index in [1.54, 1.807) is 10.8 Å². The molecule has 1 aliphatic rings. The van der Waals surface area contributed by atoms with Crippen LogP contribution in [0, 0.1) is 0 Å². The van der Waals surface area contributed by atoms with Gasteiger partial charge in [-0.25, -0.2) is 0 Å². The van der Waals surface area contributed by atoms with Crippen LogP contribution < -0.4 is 0 Å². The molecular formula is C6H8S2. The van der Waals surface area contributed by atoms with Gasteiger partial charge in [-0.2, -0.15) is 0 Å². The third kappa shape index (κ3) is 1.60. The van der Waals surface area contributed by atoms with E-state index in [1.807, 2.05) is 16.9 Å². The summed E-state index contributed by atoms with van der Waals surface area (Å²) in [6.07, 6.45) is 5.34. The fraction of sp³-hybridized carbons (Fsp3) is 0.333. The van der Waals surface area contributed by atoms with Crippen LogP contribution in [0.4, 0.5) is 0 Å². The van der Waals surface area contributed by atoms with Crippen LogP contribution in [0.5, 0.6) is 0 Å². The standard InChI is InChI=1S/C6H8S2/c1-2-6-4-3-5-7-8-6/h2-3,5-6H,1,4H2. The highest BCUT2D eigenvalue weighted by Gasteiger charge is 2.04. The van der Waals surface area contributed by atoms with Crippen molar-refractivity contribution in [1.82, 2.24) is 0 Å². The van der Waals surface area contributed by atoms with Gasteiger partial charge in [0.2, 0.25) is 0 Å². The highest BCUT2D eigenvalue weighted by atomic mass is 33.1. The molecule has 0 saturated carbocycles. The largest absolute Gasteiger partial charge is 0.102 e. The Bertz CT molecular complexity index is 107. The van der Waals surface area contributed by atoms with Crippen molar-refractivity contribution in [2.45, 2.75) is 11.7 Å². The zero-order valence-electron chi connectivity index (χ0n) is 4.54. The summed E-state index contributed by atoms with van der Waals surface area (Å²) in [5.74, 6) is 0. The summed E-state index contributed by atoms with van der Waals surface area (Å²) in [6.45, 7) is 3.72. The lowest BCUT2D eigenvalue weighted by atomic mass is 10.3. The van der Waals surface area contributed by atoms with Crippen molar-refractivity contribution in [1.29, 1.82) is 0 Å². The summed E-state index contributed by atoms with van der Waals surface area (Å²) < 4.78 is 0. The van der Waals surface area contributed by atoms with Crippen LogP contribution in [-0.2, 0) is 0 Å². The van der Waals surface area contributed by atoms with Crippen LogP contribution in [0.3, 0.4) is 0 Å². The van der Waals surface area contributed by atoms with Gasteiger partial charge < -0.3 is 0 Å². The molecule has 0 fully saturated rings. The summed E-state index contributed by atoms with van der Waals surface area (Å²) in [5, 5.41) is 2.77. The quantitative estimate of drug-likeness (QED) is 0.410. The van der Waals surface area contributed by atoms with Gasteiger partial charge in [0.25, 0.3) is 0 Å². The molecule has 0 aromatic carbocycles. The average molecular weight is 144 g/mol. The van der Waals surface area contributed by atoms with Gasteiger partial charge in [-0.3, -0.25) is 0 Å². The second-order valence-corrected chi connectivity index (χ2v) is 3.99. The van der Waals surface area contributed by atoms with Crippen molar-refractivity contribution in [2.24, 2.45) is 0 Å². The van der Waals surface area contributed by atoms with Gasteiger partial charge in [-0.05, 0) is 11.8 Å². The third-order valence-electron chi connectivity index (χ3n) is 0.962. The van der Waals surface area contributed by atoms with E-state index >= 15 is 0 Å². The van der Waals surface area contributed by atoms with E-state index in [2.05, 4.69) is 18.1 Å². The Morgan fingerprint density at radius 3 is 3.00 bits per heavy atom. The van der Waals surface area contributed by atoms with Crippen LogP contribution in [0.1, 0.15) is 6.42 Å². The van der Waals surface area contributed by atoms with Gasteiger partial charge in [-0.15, -0.1) is 6.58 Å². The first kappa shape index (κ1) is 6.30. The smallest absolute Gasteiger partial charge is 0.0366 e. The van der Waals surface area contributed by atoms with Gasteiger partial charge >= 0.3 is 0 Å². The van der Waals surface area contributed by atoms with E-state index in [4.69, 9.17) is 0 Å². The lowest BCUT2D eigenvalue weighted by molar-refractivity contribution is 1.08. The predicted octanol–water partition coefficient (Wildman–Crippen LogP) is 2.84. The van der Waals surface area contributed by atoms with Crippen LogP contribution in [0.25, 0.3) is 0 Å². The topological polar surface area (TPSA) is 0 Å². The van der Waals surface area contributed by atoms with E-state index in [9.17, 15) is 0 Å². The molecule has 8 heavy (non-hydrogen) atoms. The maximum absolute atomic E-state index is 3.72. The molecule has 0 radical (unpaired) electrons. The minimum atomic E-state index is 0.644. The first-order valence-corrected chi connectivity index (χ1v) is 4.81. The van der Waals surface area contributed by atoms with Gasteiger partial charge in [-0.1, -0.05) is 33.7 Å². The maximum atomic E-state index is 3.72. The molecule has 44 valence electrons. The summed E-state index contributed by atoms with van der Waals surface area (Å²) in [7, 11) is 3.67. The summed E-state index contributed by atoms with van der Waals surface area (Å²) in [5.41, 5.74) is 0. The zero-order chi connectivity index (χ0) is 5.82. The fourth-order valence-corrected chi connectivity index (χ4v) is 2.50. The van der Waals surface area contributed by atoms with Crippen molar-refractivity contribution in [3.05, 3.63) is 24.1 Å². The van der Waals surface area contributed by atoms with E-state index < -0.39 is 0 Å². The van der Waals surface area contributed by atoms with Crippen molar-refractivity contribution in [2.75, 3.05) is 0 Å². The van der Waals surface area contributed by atoms with Crippen molar-refractivity contribution in [3.8, 4) is 0 Å². The minimum Gasteiger partial charge on any atom is -0.102 e. The van der Waals surface area contributed by atoms with E-state index in [1.165, 1.54) is 0 Å². The first-order valence-electron chi connectivity index (χ1n) is 2.53. The summed E-state index contributed by atoms with van der Waals surface area (Å²) in [6, 6.07) is 0.